The predicted molar refractivity (Wildman–Crippen MR) is 145 cm³/mol. The van der Waals surface area contributed by atoms with Crippen LogP contribution in [0.5, 0.6) is 5.75 Å². The Morgan fingerprint density at radius 3 is 2.59 bits per heavy atom. The summed E-state index contributed by atoms with van der Waals surface area (Å²) in [5.41, 5.74) is 5.24. The van der Waals surface area contributed by atoms with Gasteiger partial charge in [0, 0.05) is 39.0 Å². The number of phenols is 1. The first kappa shape index (κ1) is 24.7. The number of anilines is 1. The first-order valence-corrected chi connectivity index (χ1v) is 12.5. The highest BCUT2D eigenvalue weighted by atomic mass is 16.3. The first-order chi connectivity index (χ1) is 17.7. The number of imidazole rings is 1. The third-order valence-corrected chi connectivity index (χ3v) is 7.04. The lowest BCUT2D eigenvalue weighted by Gasteiger charge is -2.37. The number of aromatic hydroxyl groups is 1. The summed E-state index contributed by atoms with van der Waals surface area (Å²) in [5, 5.41) is 14.3. The van der Waals surface area contributed by atoms with Crippen LogP contribution >= 0.6 is 0 Å². The van der Waals surface area contributed by atoms with Crippen LogP contribution in [0.3, 0.4) is 0 Å². The molecule has 9 nitrogen and oxygen atoms in total. The minimum atomic E-state index is -0.164. The van der Waals surface area contributed by atoms with Gasteiger partial charge in [-0.05, 0) is 50.4 Å². The Morgan fingerprint density at radius 2 is 1.92 bits per heavy atom. The zero-order valence-corrected chi connectivity index (χ0v) is 22.0. The zero-order valence-electron chi connectivity index (χ0n) is 22.0. The Labute approximate surface area is 216 Å². The molecule has 192 valence electrons. The number of amides is 1. The second-order valence-corrected chi connectivity index (χ2v) is 9.89. The van der Waals surface area contributed by atoms with E-state index in [2.05, 4.69) is 29.2 Å². The highest BCUT2D eigenvalue weighted by Crippen LogP contribution is 2.29. The molecule has 0 radical (unpaired) electrons. The normalized spacial score (nSPS) is 14.1. The first-order valence-electron chi connectivity index (χ1n) is 12.5. The van der Waals surface area contributed by atoms with Crippen LogP contribution in [-0.2, 0) is 20.0 Å². The summed E-state index contributed by atoms with van der Waals surface area (Å²) in [5.74, 6) is 0.896. The zero-order chi connectivity index (χ0) is 26.3. The van der Waals surface area contributed by atoms with Gasteiger partial charge in [0.25, 0.3) is 5.91 Å². The van der Waals surface area contributed by atoms with E-state index in [0.717, 1.165) is 42.4 Å². The second kappa shape index (κ2) is 9.82. The van der Waals surface area contributed by atoms with Gasteiger partial charge < -0.3 is 24.8 Å². The number of phenolic OH excluding ortho intramolecular Hbond substituents is 1. The molecule has 9 heteroatoms. The summed E-state index contributed by atoms with van der Waals surface area (Å²) in [6, 6.07) is 11.1. The van der Waals surface area contributed by atoms with Gasteiger partial charge in [-0.1, -0.05) is 6.92 Å². The Hall–Kier alpha value is -3.98. The largest absolute Gasteiger partial charge is 0.508 e. The minimum Gasteiger partial charge on any atom is -0.508 e. The fourth-order valence-corrected chi connectivity index (χ4v) is 4.87. The molecular weight excluding hydrogens is 466 g/mol. The number of rotatable bonds is 7. The van der Waals surface area contributed by atoms with Crippen LogP contribution in [0.2, 0.25) is 0 Å². The molecule has 1 saturated heterocycles. The van der Waals surface area contributed by atoms with Crippen molar-refractivity contribution in [3.63, 3.8) is 0 Å². The summed E-state index contributed by atoms with van der Waals surface area (Å²) in [6.07, 6.45) is 2.64. The average molecular weight is 500 g/mol. The van der Waals surface area contributed by atoms with E-state index in [9.17, 15) is 9.90 Å². The molecule has 0 atom stereocenters. The molecule has 0 unspecified atom stereocenters. The van der Waals surface area contributed by atoms with Crippen LogP contribution in [0.15, 0.2) is 42.6 Å². The lowest BCUT2D eigenvalue weighted by Crippen LogP contribution is -2.52. The van der Waals surface area contributed by atoms with E-state index < -0.39 is 0 Å². The lowest BCUT2D eigenvalue weighted by atomic mass is 10.0. The molecule has 1 aromatic carbocycles. The van der Waals surface area contributed by atoms with Crippen molar-refractivity contribution < 1.29 is 9.90 Å². The third-order valence-electron chi connectivity index (χ3n) is 7.04. The molecule has 2 N–H and O–H groups in total. The number of benzene rings is 1. The maximum Gasteiger partial charge on any atom is 0.254 e. The number of likely N-dealkylation sites (tertiary alicyclic amines) is 1. The molecule has 0 saturated carbocycles. The van der Waals surface area contributed by atoms with Gasteiger partial charge in [0.2, 0.25) is 0 Å². The predicted octanol–water partition coefficient (Wildman–Crippen LogP) is 3.60. The monoisotopic (exact) mass is 499 g/mol. The summed E-state index contributed by atoms with van der Waals surface area (Å²) in [4.78, 5) is 31.7. The van der Waals surface area contributed by atoms with E-state index in [0.29, 0.717) is 40.4 Å². The summed E-state index contributed by atoms with van der Waals surface area (Å²) in [6.45, 7) is 6.47. The summed E-state index contributed by atoms with van der Waals surface area (Å²) >= 11 is 0. The van der Waals surface area contributed by atoms with Crippen molar-refractivity contribution in [3.8, 4) is 17.1 Å². The minimum absolute atomic E-state index is 0.0870. The molecule has 37 heavy (non-hydrogen) atoms. The van der Waals surface area contributed by atoms with Gasteiger partial charge in [-0.3, -0.25) is 4.79 Å². The number of hydrogen-bond acceptors (Lipinski definition) is 7. The molecule has 3 aromatic heterocycles. The number of aromatic nitrogens is 4. The van der Waals surface area contributed by atoms with E-state index in [1.807, 2.05) is 36.9 Å². The Bertz CT molecular complexity index is 1470. The lowest BCUT2D eigenvalue weighted by molar-refractivity contribution is 0.0784. The van der Waals surface area contributed by atoms with Gasteiger partial charge in [-0.2, -0.15) is 0 Å². The van der Waals surface area contributed by atoms with Crippen LogP contribution in [0, 0.1) is 6.92 Å². The Kier molecular flexibility index (Phi) is 6.55. The van der Waals surface area contributed by atoms with Crippen LogP contribution in [0.4, 0.5) is 5.69 Å². The van der Waals surface area contributed by atoms with Crippen molar-refractivity contribution in [2.75, 3.05) is 32.5 Å². The van der Waals surface area contributed by atoms with Crippen molar-refractivity contribution in [1.29, 1.82) is 0 Å². The van der Waals surface area contributed by atoms with E-state index >= 15 is 0 Å². The quantitative estimate of drug-likeness (QED) is 0.401. The van der Waals surface area contributed by atoms with Gasteiger partial charge in [0.15, 0.2) is 0 Å². The van der Waals surface area contributed by atoms with Crippen molar-refractivity contribution in [1.82, 2.24) is 29.3 Å². The molecule has 4 aromatic rings. The van der Waals surface area contributed by atoms with Crippen molar-refractivity contribution in [2.45, 2.75) is 32.9 Å². The fourth-order valence-electron chi connectivity index (χ4n) is 4.87. The van der Waals surface area contributed by atoms with Crippen LogP contribution in [-0.4, -0.2) is 73.6 Å². The molecule has 0 spiro atoms. The number of nitrogens with one attached hydrogen (secondary N) is 1. The van der Waals surface area contributed by atoms with Crippen molar-refractivity contribution in [3.05, 3.63) is 65.4 Å². The van der Waals surface area contributed by atoms with Crippen molar-refractivity contribution >= 4 is 22.5 Å². The second-order valence-electron chi connectivity index (χ2n) is 9.89. The maximum absolute atomic E-state index is 13.7. The SMILES string of the molecule is CCc1ncc(CN(C)C(=O)c2cc(-c3ccc(NC4CN(C)C4)c(C)n3)nc3ccc(O)cc23)n1C. The van der Waals surface area contributed by atoms with Crippen LogP contribution in [0.1, 0.15) is 34.5 Å². The third kappa shape index (κ3) is 4.86. The average Bonchev–Trinajstić information content (AvgIpc) is 3.21. The standard InChI is InChI=1S/C28H33N7O2/c1-6-27-29-13-19(35(27)5)16-34(4)28(37)22-12-26(32-24-8-7-20(36)11-21(22)24)25-10-9-23(17(2)30-25)31-18-14-33(3)15-18/h7-13,18,31,36H,6,14-16H2,1-5H3. The highest BCUT2D eigenvalue weighted by Gasteiger charge is 2.24. The van der Waals surface area contributed by atoms with E-state index in [1.165, 1.54) is 0 Å². The highest BCUT2D eigenvalue weighted by molar-refractivity contribution is 6.07. The molecule has 4 heterocycles. The number of nitrogens with zero attached hydrogens (tertiary/aromatic N) is 6. The van der Waals surface area contributed by atoms with Crippen molar-refractivity contribution in [2.24, 2.45) is 7.05 Å². The number of aryl methyl sites for hydroxylation is 2. The summed E-state index contributed by atoms with van der Waals surface area (Å²) < 4.78 is 2.02. The van der Waals surface area contributed by atoms with Gasteiger partial charge in [-0.25, -0.2) is 15.0 Å². The smallest absolute Gasteiger partial charge is 0.254 e. The van der Waals surface area contributed by atoms with Gasteiger partial charge in [0.05, 0.1) is 58.3 Å². The van der Waals surface area contributed by atoms with Crippen LogP contribution < -0.4 is 5.32 Å². The molecular formula is C28H33N7O2. The summed E-state index contributed by atoms with van der Waals surface area (Å²) in [7, 11) is 5.84. The van der Waals surface area contributed by atoms with E-state index in [4.69, 9.17) is 9.97 Å². The van der Waals surface area contributed by atoms with E-state index in [-0.39, 0.29) is 11.7 Å². The fraction of sp³-hybridized carbons (Fsp3) is 0.357. The molecule has 1 aliphatic heterocycles. The molecule has 1 fully saturated rings. The number of pyridine rings is 2. The molecule has 0 aliphatic carbocycles. The Morgan fingerprint density at radius 1 is 1.14 bits per heavy atom. The number of carbonyl (C=O) groups excluding carboxylic acids is 1. The number of carbonyl (C=O) groups is 1. The topological polar surface area (TPSA) is 99.4 Å². The van der Waals surface area contributed by atoms with E-state index in [1.54, 1.807) is 36.2 Å². The van der Waals surface area contributed by atoms with Gasteiger partial charge >= 0.3 is 0 Å². The number of likely N-dealkylation sites (N-methyl/N-ethyl adjacent to an activating group) is 1. The Balaban J connectivity index is 1.48. The van der Waals surface area contributed by atoms with Gasteiger partial charge in [-0.15, -0.1) is 0 Å². The molecule has 5 rings (SSSR count). The maximum atomic E-state index is 13.7. The molecule has 1 amide bonds. The van der Waals surface area contributed by atoms with Gasteiger partial charge in [0.1, 0.15) is 11.6 Å². The molecule has 0 bridgehead atoms. The van der Waals surface area contributed by atoms with Crippen LogP contribution in [0.25, 0.3) is 22.3 Å². The number of fused-ring (bicyclic) bond motifs is 1. The number of hydrogen-bond donors (Lipinski definition) is 2. The molecule has 1 aliphatic rings.